The molecule has 0 spiro atoms. The van der Waals surface area contributed by atoms with Gasteiger partial charge in [-0.1, -0.05) is 38.1 Å². The maximum atomic E-state index is 11.9. The number of imidazole rings is 1. The van der Waals surface area contributed by atoms with Crippen molar-refractivity contribution in [2.75, 3.05) is 5.32 Å². The molecule has 4 nitrogen and oxygen atoms in total. The Balaban J connectivity index is 1.84. The van der Waals surface area contributed by atoms with Crippen LogP contribution in [0.1, 0.15) is 25.8 Å². The van der Waals surface area contributed by atoms with Crippen LogP contribution in [0.5, 0.6) is 0 Å². The molecule has 4 heteroatoms. The molecule has 0 atom stereocenters. The fourth-order valence-electron chi connectivity index (χ4n) is 3.17. The molecule has 0 bridgehead atoms. The number of hydrogen-bond donors (Lipinski definition) is 2. The number of aromatic amines is 1. The van der Waals surface area contributed by atoms with Crippen LogP contribution < -0.4 is 5.32 Å². The third kappa shape index (κ3) is 1.99. The predicted molar refractivity (Wildman–Crippen MR) is 87.8 cm³/mol. The lowest BCUT2D eigenvalue weighted by molar-refractivity contribution is -0.117. The molecule has 22 heavy (non-hydrogen) atoms. The average molecular weight is 291 g/mol. The molecule has 1 aliphatic heterocycles. The Bertz CT molecular complexity index is 859. The van der Waals surface area contributed by atoms with E-state index in [0.29, 0.717) is 6.42 Å². The van der Waals surface area contributed by atoms with E-state index in [9.17, 15) is 4.79 Å². The van der Waals surface area contributed by atoms with Gasteiger partial charge in [0.1, 0.15) is 5.82 Å². The number of hydrogen-bond acceptors (Lipinski definition) is 2. The number of aromatic nitrogens is 2. The highest BCUT2D eigenvalue weighted by Gasteiger charge is 2.31. The molecule has 0 radical (unpaired) electrons. The molecule has 2 heterocycles. The van der Waals surface area contributed by atoms with Gasteiger partial charge in [0.2, 0.25) is 5.91 Å². The highest BCUT2D eigenvalue weighted by Crippen LogP contribution is 2.38. The standard InChI is InChI=1S/C18H17N3O/c1-18(2)10-16(22)19-15-9-11(7-8-12(15)18)17-20-13-5-3-4-6-14(13)21-17/h3-9H,10H2,1-2H3,(H,19,22)(H,20,21). The lowest BCUT2D eigenvalue weighted by Gasteiger charge is -2.32. The van der Waals surface area contributed by atoms with Crippen LogP contribution in [0.25, 0.3) is 22.4 Å². The molecule has 4 rings (SSSR count). The number of anilines is 1. The van der Waals surface area contributed by atoms with Gasteiger partial charge in [-0.05, 0) is 23.8 Å². The minimum Gasteiger partial charge on any atom is -0.338 e. The number of rotatable bonds is 1. The van der Waals surface area contributed by atoms with Crippen molar-refractivity contribution in [3.8, 4) is 11.4 Å². The molecule has 2 N–H and O–H groups in total. The van der Waals surface area contributed by atoms with Gasteiger partial charge in [0.15, 0.2) is 0 Å². The second kappa shape index (κ2) is 4.44. The van der Waals surface area contributed by atoms with E-state index in [-0.39, 0.29) is 11.3 Å². The number of amides is 1. The minimum atomic E-state index is -0.135. The molecule has 110 valence electrons. The Kier molecular flexibility index (Phi) is 2.64. The number of benzene rings is 2. The van der Waals surface area contributed by atoms with E-state index in [2.05, 4.69) is 41.3 Å². The summed E-state index contributed by atoms with van der Waals surface area (Å²) in [4.78, 5) is 19.8. The summed E-state index contributed by atoms with van der Waals surface area (Å²) in [5, 5.41) is 2.98. The Hall–Kier alpha value is -2.62. The molecule has 3 aromatic rings. The summed E-state index contributed by atoms with van der Waals surface area (Å²) in [7, 11) is 0. The summed E-state index contributed by atoms with van der Waals surface area (Å²) in [5.74, 6) is 0.890. The first-order chi connectivity index (χ1) is 10.5. The van der Waals surface area contributed by atoms with E-state index in [1.165, 1.54) is 5.56 Å². The topological polar surface area (TPSA) is 57.8 Å². The summed E-state index contributed by atoms with van der Waals surface area (Å²) >= 11 is 0. The SMILES string of the molecule is CC1(C)CC(=O)Nc2cc(-c3nc4ccccc4[nH]3)ccc21. The lowest BCUT2D eigenvalue weighted by atomic mass is 9.77. The van der Waals surface area contributed by atoms with E-state index < -0.39 is 0 Å². The summed E-state index contributed by atoms with van der Waals surface area (Å²) in [6.45, 7) is 4.21. The summed E-state index contributed by atoms with van der Waals surface area (Å²) < 4.78 is 0. The number of nitrogens with zero attached hydrogens (tertiary/aromatic N) is 1. The van der Waals surface area contributed by atoms with Crippen LogP contribution in [-0.4, -0.2) is 15.9 Å². The third-order valence-corrected chi connectivity index (χ3v) is 4.29. The molecular formula is C18H17N3O. The van der Waals surface area contributed by atoms with Crippen LogP contribution >= 0.6 is 0 Å². The maximum Gasteiger partial charge on any atom is 0.225 e. The zero-order valence-corrected chi connectivity index (χ0v) is 12.6. The Morgan fingerprint density at radius 3 is 2.77 bits per heavy atom. The molecule has 0 fully saturated rings. The zero-order chi connectivity index (χ0) is 15.3. The second-order valence-corrected chi connectivity index (χ2v) is 6.47. The summed E-state index contributed by atoms with van der Waals surface area (Å²) in [5.41, 5.74) is 4.86. The van der Waals surface area contributed by atoms with Crippen molar-refractivity contribution in [2.45, 2.75) is 25.7 Å². The maximum absolute atomic E-state index is 11.9. The number of para-hydroxylation sites is 2. The van der Waals surface area contributed by atoms with Gasteiger partial charge in [0.25, 0.3) is 0 Å². The highest BCUT2D eigenvalue weighted by atomic mass is 16.1. The molecule has 0 saturated heterocycles. The number of nitrogens with one attached hydrogen (secondary N) is 2. The van der Waals surface area contributed by atoms with Crippen molar-refractivity contribution < 1.29 is 4.79 Å². The fraction of sp³-hybridized carbons (Fsp3) is 0.222. The van der Waals surface area contributed by atoms with Crippen molar-refractivity contribution in [3.63, 3.8) is 0 Å². The van der Waals surface area contributed by atoms with Crippen molar-refractivity contribution in [1.82, 2.24) is 9.97 Å². The first kappa shape index (κ1) is 13.1. The monoisotopic (exact) mass is 291 g/mol. The minimum absolute atomic E-state index is 0.0688. The number of carbonyl (C=O) groups excluding carboxylic acids is 1. The third-order valence-electron chi connectivity index (χ3n) is 4.29. The van der Waals surface area contributed by atoms with Crippen molar-refractivity contribution in [2.24, 2.45) is 0 Å². The molecule has 1 aromatic heterocycles. The van der Waals surface area contributed by atoms with Crippen LogP contribution in [0.15, 0.2) is 42.5 Å². The smallest absolute Gasteiger partial charge is 0.225 e. The molecule has 1 aliphatic rings. The number of H-pyrrole nitrogens is 1. The van der Waals surface area contributed by atoms with Crippen LogP contribution in [0.4, 0.5) is 5.69 Å². The van der Waals surface area contributed by atoms with Crippen LogP contribution in [0, 0.1) is 0 Å². The normalized spacial score (nSPS) is 16.4. The van der Waals surface area contributed by atoms with Crippen LogP contribution in [0.3, 0.4) is 0 Å². The number of fused-ring (bicyclic) bond motifs is 2. The Morgan fingerprint density at radius 2 is 1.95 bits per heavy atom. The summed E-state index contributed by atoms with van der Waals surface area (Å²) in [6.07, 6.45) is 0.518. The predicted octanol–water partition coefficient (Wildman–Crippen LogP) is 3.85. The van der Waals surface area contributed by atoms with Crippen molar-refractivity contribution in [3.05, 3.63) is 48.0 Å². The Labute approximate surface area is 128 Å². The zero-order valence-electron chi connectivity index (χ0n) is 12.6. The molecule has 0 saturated carbocycles. The molecule has 0 aliphatic carbocycles. The van der Waals surface area contributed by atoms with Gasteiger partial charge in [-0.2, -0.15) is 0 Å². The molecule has 2 aromatic carbocycles. The van der Waals surface area contributed by atoms with Gasteiger partial charge in [0.05, 0.1) is 11.0 Å². The largest absolute Gasteiger partial charge is 0.338 e. The van der Waals surface area contributed by atoms with Gasteiger partial charge < -0.3 is 10.3 Å². The van der Waals surface area contributed by atoms with Gasteiger partial charge in [0, 0.05) is 23.1 Å². The van der Waals surface area contributed by atoms with Crippen LogP contribution in [0.2, 0.25) is 0 Å². The summed E-state index contributed by atoms with van der Waals surface area (Å²) in [6, 6.07) is 14.1. The molecule has 0 unspecified atom stereocenters. The Morgan fingerprint density at radius 1 is 1.14 bits per heavy atom. The fourth-order valence-corrected chi connectivity index (χ4v) is 3.17. The van der Waals surface area contributed by atoms with Crippen LogP contribution in [-0.2, 0) is 10.2 Å². The van der Waals surface area contributed by atoms with Gasteiger partial charge >= 0.3 is 0 Å². The molecule has 1 amide bonds. The quantitative estimate of drug-likeness (QED) is 0.715. The van der Waals surface area contributed by atoms with E-state index in [1.54, 1.807) is 0 Å². The van der Waals surface area contributed by atoms with Gasteiger partial charge in [-0.3, -0.25) is 4.79 Å². The van der Waals surface area contributed by atoms with Crippen molar-refractivity contribution in [1.29, 1.82) is 0 Å². The lowest BCUT2D eigenvalue weighted by Crippen LogP contribution is -2.32. The first-order valence-electron chi connectivity index (χ1n) is 7.42. The second-order valence-electron chi connectivity index (χ2n) is 6.47. The van der Waals surface area contributed by atoms with E-state index in [1.807, 2.05) is 30.3 Å². The van der Waals surface area contributed by atoms with Gasteiger partial charge in [-0.15, -0.1) is 0 Å². The highest BCUT2D eigenvalue weighted by molar-refractivity contribution is 5.96. The average Bonchev–Trinajstić information content (AvgIpc) is 2.89. The van der Waals surface area contributed by atoms with E-state index >= 15 is 0 Å². The van der Waals surface area contributed by atoms with E-state index in [0.717, 1.165) is 28.1 Å². The first-order valence-corrected chi connectivity index (χ1v) is 7.42. The number of carbonyl (C=O) groups is 1. The van der Waals surface area contributed by atoms with Crippen molar-refractivity contribution >= 4 is 22.6 Å². The van der Waals surface area contributed by atoms with E-state index in [4.69, 9.17) is 0 Å². The van der Waals surface area contributed by atoms with Gasteiger partial charge in [-0.25, -0.2) is 4.98 Å². The molecular weight excluding hydrogens is 274 g/mol.